The Hall–Kier alpha value is -4.93. The first-order valence-electron chi connectivity index (χ1n) is 13.5. The van der Waals surface area contributed by atoms with Crippen LogP contribution >= 0.6 is 0 Å². The highest BCUT2D eigenvalue weighted by atomic mass is 19.1. The van der Waals surface area contributed by atoms with Gasteiger partial charge in [0.15, 0.2) is 0 Å². The molecule has 2 N–H and O–H groups in total. The second kappa shape index (κ2) is 12.7. The van der Waals surface area contributed by atoms with E-state index >= 15 is 4.39 Å². The fourth-order valence-electron chi connectivity index (χ4n) is 4.52. The van der Waals surface area contributed by atoms with E-state index in [9.17, 15) is 19.2 Å². The largest absolute Gasteiger partial charge is 0.462 e. The zero-order chi connectivity index (χ0) is 30.4. The zero-order valence-corrected chi connectivity index (χ0v) is 23.8. The predicted molar refractivity (Wildman–Crippen MR) is 156 cm³/mol. The van der Waals surface area contributed by atoms with Gasteiger partial charge in [-0.25, -0.2) is 14.0 Å². The van der Waals surface area contributed by atoms with E-state index in [4.69, 9.17) is 9.47 Å². The molecule has 0 aromatic heterocycles. The van der Waals surface area contributed by atoms with E-state index in [1.165, 1.54) is 17.0 Å². The molecule has 0 spiro atoms. The van der Waals surface area contributed by atoms with Gasteiger partial charge in [0, 0.05) is 5.69 Å². The lowest BCUT2D eigenvalue weighted by Gasteiger charge is -2.27. The molecule has 10 nitrogen and oxygen atoms in total. The summed E-state index contributed by atoms with van der Waals surface area (Å²) in [7, 11) is 0. The highest BCUT2D eigenvalue weighted by Gasteiger charge is 2.37. The van der Waals surface area contributed by atoms with Crippen molar-refractivity contribution in [3.63, 3.8) is 0 Å². The monoisotopic (exact) mass is 576 g/mol. The third-order valence-corrected chi connectivity index (χ3v) is 6.18. The topological polar surface area (TPSA) is 117 Å². The zero-order valence-electron chi connectivity index (χ0n) is 23.8. The Morgan fingerprint density at radius 3 is 2.29 bits per heavy atom. The summed E-state index contributed by atoms with van der Waals surface area (Å²) in [5, 5.41) is 5.29. The number of nitrogens with one attached hydrogen (secondary N) is 2. The minimum absolute atomic E-state index is 0.141. The molecule has 42 heavy (non-hydrogen) atoms. The lowest BCUT2D eigenvalue weighted by atomic mass is 10.2. The Labute approximate surface area is 243 Å². The fraction of sp³-hybridized carbons (Fsp3) is 0.290. The molecule has 4 rings (SSSR count). The smallest absolute Gasteiger partial charge is 0.338 e. The Morgan fingerprint density at radius 1 is 0.952 bits per heavy atom. The van der Waals surface area contributed by atoms with Gasteiger partial charge in [0.25, 0.3) is 5.91 Å². The number of carbonyl (C=O) groups excluding carboxylic acids is 4. The molecule has 3 aromatic rings. The van der Waals surface area contributed by atoms with Crippen LogP contribution in [0.4, 0.5) is 31.9 Å². The van der Waals surface area contributed by atoms with Crippen LogP contribution in [0.1, 0.15) is 38.1 Å². The molecule has 0 saturated carbocycles. The molecule has 0 saturated heterocycles. The van der Waals surface area contributed by atoms with Gasteiger partial charge in [-0.15, -0.1) is 0 Å². The second-order valence-corrected chi connectivity index (χ2v) is 10.5. The normalized spacial score (nSPS) is 14.9. The van der Waals surface area contributed by atoms with Crippen molar-refractivity contribution in [1.82, 2.24) is 5.32 Å². The number of halogens is 1. The first-order valence-corrected chi connectivity index (χ1v) is 13.5. The molecule has 0 fully saturated rings. The van der Waals surface area contributed by atoms with E-state index < -0.39 is 47.9 Å². The predicted octanol–water partition coefficient (Wildman–Crippen LogP) is 5.02. The van der Waals surface area contributed by atoms with E-state index in [2.05, 4.69) is 10.6 Å². The van der Waals surface area contributed by atoms with Crippen LogP contribution in [-0.2, 0) is 19.1 Å². The van der Waals surface area contributed by atoms with Crippen LogP contribution in [0.5, 0.6) is 0 Å². The maximum absolute atomic E-state index is 15.1. The average Bonchev–Trinajstić information content (AvgIpc) is 3.03. The molecular formula is C31H33FN4O6. The molecule has 1 unspecified atom stereocenters. The van der Waals surface area contributed by atoms with Gasteiger partial charge in [0.05, 0.1) is 35.8 Å². The number of benzene rings is 3. The lowest BCUT2D eigenvalue weighted by Crippen LogP contribution is -2.53. The number of esters is 2. The van der Waals surface area contributed by atoms with Crippen molar-refractivity contribution in [2.75, 3.05) is 34.8 Å². The van der Waals surface area contributed by atoms with Crippen LogP contribution in [-0.4, -0.2) is 55.2 Å². The Balaban J connectivity index is 1.67. The minimum atomic E-state index is -1.22. The van der Waals surface area contributed by atoms with Crippen molar-refractivity contribution < 1.29 is 33.0 Å². The van der Waals surface area contributed by atoms with Gasteiger partial charge in [-0.1, -0.05) is 30.3 Å². The van der Waals surface area contributed by atoms with Crippen LogP contribution in [0.3, 0.4) is 0 Å². The summed E-state index contributed by atoms with van der Waals surface area (Å²) < 4.78 is 25.6. The highest BCUT2D eigenvalue weighted by molar-refractivity contribution is 6.07. The highest BCUT2D eigenvalue weighted by Crippen LogP contribution is 2.38. The number of para-hydroxylation sites is 3. The first kappa shape index (κ1) is 30.0. The number of carbonyl (C=O) groups is 4. The summed E-state index contributed by atoms with van der Waals surface area (Å²) in [6, 6.07) is 17.1. The van der Waals surface area contributed by atoms with Gasteiger partial charge in [-0.3, -0.25) is 14.5 Å². The van der Waals surface area contributed by atoms with Gasteiger partial charge < -0.3 is 25.0 Å². The summed E-state index contributed by atoms with van der Waals surface area (Å²) in [5.74, 6) is -2.32. The van der Waals surface area contributed by atoms with E-state index in [1.54, 1.807) is 93.3 Å². The molecule has 1 atom stereocenters. The SMILES string of the molecule is CCOC(=O)c1cccc(NC(=O)NC2CN(c3ccccc3F)c3ccccc3N(CC(=O)OC(C)(C)C)C2=O)c1. The number of fused-ring (bicyclic) bond motifs is 1. The summed E-state index contributed by atoms with van der Waals surface area (Å²) >= 11 is 0. The number of rotatable bonds is 7. The number of ether oxygens (including phenoxy) is 2. The fourth-order valence-corrected chi connectivity index (χ4v) is 4.52. The van der Waals surface area contributed by atoms with Gasteiger partial charge in [0.1, 0.15) is 24.0 Å². The Bertz CT molecular complexity index is 1490. The number of anilines is 4. The quantitative estimate of drug-likeness (QED) is 0.380. The van der Waals surface area contributed by atoms with E-state index in [0.29, 0.717) is 17.1 Å². The minimum Gasteiger partial charge on any atom is -0.462 e. The second-order valence-electron chi connectivity index (χ2n) is 10.5. The standard InChI is InChI=1S/C31H33FN4O6/c1-5-41-29(39)20-11-10-12-21(17-20)33-30(40)34-23-18-35(24-14-7-6-13-22(24)32)25-15-8-9-16-26(25)36(28(23)38)19-27(37)42-31(2,3)4/h6-17,23H,5,18-19H2,1-4H3,(H2,33,34,40). The van der Waals surface area contributed by atoms with Crippen molar-refractivity contribution in [1.29, 1.82) is 0 Å². The number of urea groups is 1. The van der Waals surface area contributed by atoms with Crippen LogP contribution < -0.4 is 20.4 Å². The molecule has 11 heteroatoms. The maximum atomic E-state index is 15.1. The molecule has 0 aliphatic carbocycles. The van der Waals surface area contributed by atoms with Gasteiger partial charge in [-0.2, -0.15) is 0 Å². The van der Waals surface area contributed by atoms with Crippen molar-refractivity contribution in [2.45, 2.75) is 39.3 Å². The molecular weight excluding hydrogens is 543 g/mol. The number of nitrogens with zero attached hydrogens (tertiary/aromatic N) is 2. The third-order valence-electron chi connectivity index (χ3n) is 6.18. The van der Waals surface area contributed by atoms with Gasteiger partial charge in [-0.05, 0) is 70.2 Å². The number of hydrogen-bond acceptors (Lipinski definition) is 7. The Kier molecular flexibility index (Phi) is 9.09. The summed E-state index contributed by atoms with van der Waals surface area (Å²) in [6.07, 6.45) is 0. The van der Waals surface area contributed by atoms with Crippen molar-refractivity contribution in [3.05, 3.63) is 84.2 Å². The summed E-state index contributed by atoms with van der Waals surface area (Å²) in [4.78, 5) is 54.9. The van der Waals surface area contributed by atoms with E-state index in [1.807, 2.05) is 0 Å². The molecule has 0 bridgehead atoms. The lowest BCUT2D eigenvalue weighted by molar-refractivity contribution is -0.153. The summed E-state index contributed by atoms with van der Waals surface area (Å²) in [6.45, 7) is 6.46. The van der Waals surface area contributed by atoms with Crippen LogP contribution in [0.25, 0.3) is 0 Å². The van der Waals surface area contributed by atoms with Crippen LogP contribution in [0, 0.1) is 5.82 Å². The van der Waals surface area contributed by atoms with Crippen molar-refractivity contribution in [3.8, 4) is 0 Å². The van der Waals surface area contributed by atoms with Crippen LogP contribution in [0.15, 0.2) is 72.8 Å². The molecule has 3 amide bonds. The van der Waals surface area contributed by atoms with E-state index in [-0.39, 0.29) is 24.4 Å². The summed E-state index contributed by atoms with van der Waals surface area (Å²) in [5.41, 5.74) is 0.741. The van der Waals surface area contributed by atoms with Gasteiger partial charge >= 0.3 is 18.0 Å². The molecule has 220 valence electrons. The maximum Gasteiger partial charge on any atom is 0.338 e. The molecule has 1 aliphatic heterocycles. The van der Waals surface area contributed by atoms with Gasteiger partial charge in [0.2, 0.25) is 0 Å². The van der Waals surface area contributed by atoms with Crippen molar-refractivity contribution in [2.24, 2.45) is 0 Å². The molecule has 0 radical (unpaired) electrons. The number of hydrogen-bond donors (Lipinski definition) is 2. The molecule has 1 aliphatic rings. The number of amides is 3. The molecule has 3 aromatic carbocycles. The van der Waals surface area contributed by atoms with Crippen molar-refractivity contribution >= 4 is 46.6 Å². The first-order chi connectivity index (χ1) is 20.0. The molecule has 1 heterocycles. The van der Waals surface area contributed by atoms with Crippen LogP contribution in [0.2, 0.25) is 0 Å². The Morgan fingerprint density at radius 2 is 1.62 bits per heavy atom. The van der Waals surface area contributed by atoms with E-state index in [0.717, 1.165) is 0 Å². The average molecular weight is 577 g/mol. The third kappa shape index (κ3) is 7.22.